The number of hydrogen-bond acceptors (Lipinski definition) is 6. The monoisotopic (exact) mass is 284 g/mol. The van der Waals surface area contributed by atoms with Gasteiger partial charge in [0.15, 0.2) is 15.5 Å². The lowest BCUT2D eigenvalue weighted by molar-refractivity contribution is 0.399. The maximum atomic E-state index is 11.5. The topological polar surface area (TPSA) is 100 Å². The molecule has 0 spiro atoms. The van der Waals surface area contributed by atoms with Crippen LogP contribution < -0.4 is 10.5 Å². The van der Waals surface area contributed by atoms with Crippen LogP contribution in [0, 0.1) is 0 Å². The molecule has 0 aliphatic heterocycles. The molecule has 7 nitrogen and oxygen atoms in total. The Hall–Kier alpha value is -1.83. The molecule has 0 aromatic carbocycles. The molecular formula is C11H16N4O3S. The van der Waals surface area contributed by atoms with E-state index < -0.39 is 9.84 Å². The summed E-state index contributed by atoms with van der Waals surface area (Å²) in [7, 11) is -1.55. The Morgan fingerprint density at radius 1 is 1.37 bits per heavy atom. The number of fused-ring (bicyclic) bond motifs is 1. The van der Waals surface area contributed by atoms with Gasteiger partial charge in [-0.1, -0.05) is 6.92 Å². The lowest BCUT2D eigenvalue weighted by Gasteiger charge is -2.06. The van der Waals surface area contributed by atoms with Crippen molar-refractivity contribution in [2.45, 2.75) is 13.5 Å². The van der Waals surface area contributed by atoms with Crippen molar-refractivity contribution in [3.05, 3.63) is 12.1 Å². The van der Waals surface area contributed by atoms with Crippen LogP contribution in [0.2, 0.25) is 0 Å². The SMILES string of the molecule is CCS(=O)(=O)CCn1c(N)nc2ccc(OC)nc21. The second-order valence-corrected chi connectivity index (χ2v) is 6.53. The molecule has 104 valence electrons. The summed E-state index contributed by atoms with van der Waals surface area (Å²) >= 11 is 0. The average molecular weight is 284 g/mol. The zero-order chi connectivity index (χ0) is 14.0. The highest BCUT2D eigenvalue weighted by Gasteiger charge is 2.14. The minimum atomic E-state index is -3.06. The number of sulfone groups is 1. The van der Waals surface area contributed by atoms with Gasteiger partial charge in [-0.25, -0.2) is 13.4 Å². The van der Waals surface area contributed by atoms with Gasteiger partial charge >= 0.3 is 0 Å². The first-order chi connectivity index (χ1) is 8.96. The molecule has 2 aromatic rings. The predicted octanol–water partition coefficient (Wildman–Crippen LogP) is 0.457. The first-order valence-corrected chi connectivity index (χ1v) is 7.66. The summed E-state index contributed by atoms with van der Waals surface area (Å²) in [6, 6.07) is 3.42. The summed E-state index contributed by atoms with van der Waals surface area (Å²) in [6.07, 6.45) is 0. The molecule has 2 N–H and O–H groups in total. The van der Waals surface area contributed by atoms with Crippen LogP contribution in [0.1, 0.15) is 6.92 Å². The predicted molar refractivity (Wildman–Crippen MR) is 72.8 cm³/mol. The number of aryl methyl sites for hydroxylation is 1. The lowest BCUT2D eigenvalue weighted by Crippen LogP contribution is -2.16. The molecule has 2 rings (SSSR count). The Balaban J connectivity index is 2.39. The van der Waals surface area contributed by atoms with E-state index in [0.29, 0.717) is 17.0 Å². The largest absolute Gasteiger partial charge is 0.481 e. The molecule has 0 amide bonds. The number of ether oxygens (including phenoxy) is 1. The maximum Gasteiger partial charge on any atom is 0.215 e. The van der Waals surface area contributed by atoms with E-state index in [0.717, 1.165) is 0 Å². The van der Waals surface area contributed by atoms with E-state index in [9.17, 15) is 8.42 Å². The Bertz CT molecular complexity index is 693. The second-order valence-electron chi connectivity index (χ2n) is 4.05. The van der Waals surface area contributed by atoms with Crippen molar-refractivity contribution in [1.29, 1.82) is 0 Å². The van der Waals surface area contributed by atoms with Crippen LogP contribution in [0.4, 0.5) is 5.95 Å². The first kappa shape index (κ1) is 13.6. The van der Waals surface area contributed by atoms with E-state index in [1.54, 1.807) is 23.6 Å². The number of aromatic nitrogens is 3. The lowest BCUT2D eigenvalue weighted by atomic mass is 10.4. The number of methoxy groups -OCH3 is 1. The van der Waals surface area contributed by atoms with Gasteiger partial charge in [-0.3, -0.25) is 4.57 Å². The molecule has 0 fully saturated rings. The molecule has 0 atom stereocenters. The van der Waals surface area contributed by atoms with Gasteiger partial charge in [-0.15, -0.1) is 0 Å². The van der Waals surface area contributed by atoms with Crippen molar-refractivity contribution >= 4 is 26.9 Å². The van der Waals surface area contributed by atoms with Gasteiger partial charge in [-0.2, -0.15) is 4.98 Å². The molecule has 19 heavy (non-hydrogen) atoms. The fourth-order valence-electron chi connectivity index (χ4n) is 1.71. The van der Waals surface area contributed by atoms with E-state index in [-0.39, 0.29) is 24.0 Å². The second kappa shape index (κ2) is 5.04. The fraction of sp³-hybridized carbons (Fsp3) is 0.455. The highest BCUT2D eigenvalue weighted by atomic mass is 32.2. The first-order valence-electron chi connectivity index (χ1n) is 5.84. The van der Waals surface area contributed by atoms with Crippen LogP contribution >= 0.6 is 0 Å². The van der Waals surface area contributed by atoms with E-state index in [4.69, 9.17) is 10.5 Å². The number of rotatable bonds is 5. The number of anilines is 1. The molecule has 8 heteroatoms. The Morgan fingerprint density at radius 2 is 2.11 bits per heavy atom. The number of nitrogen functional groups attached to an aromatic ring is 1. The highest BCUT2D eigenvalue weighted by molar-refractivity contribution is 7.91. The Labute approximate surface area is 111 Å². The zero-order valence-electron chi connectivity index (χ0n) is 10.8. The van der Waals surface area contributed by atoms with E-state index in [2.05, 4.69) is 9.97 Å². The Kier molecular flexibility index (Phi) is 3.61. The summed E-state index contributed by atoms with van der Waals surface area (Å²) < 4.78 is 29.7. The van der Waals surface area contributed by atoms with Crippen molar-refractivity contribution in [1.82, 2.24) is 14.5 Å². The van der Waals surface area contributed by atoms with Crippen molar-refractivity contribution in [2.24, 2.45) is 0 Å². The summed E-state index contributed by atoms with van der Waals surface area (Å²) in [6.45, 7) is 1.85. The van der Waals surface area contributed by atoms with Crippen LogP contribution in [-0.2, 0) is 16.4 Å². The van der Waals surface area contributed by atoms with Crippen LogP contribution in [0.5, 0.6) is 5.88 Å². The molecule has 0 radical (unpaired) electrons. The highest BCUT2D eigenvalue weighted by Crippen LogP contribution is 2.19. The minimum absolute atomic E-state index is 0.0120. The van der Waals surface area contributed by atoms with Gasteiger partial charge in [0, 0.05) is 18.4 Å². The standard InChI is InChI=1S/C11H16N4O3S/c1-3-19(16,17)7-6-15-10-8(13-11(15)12)4-5-9(14-10)18-2/h4-5H,3,6-7H2,1-2H3,(H2,12,13). The van der Waals surface area contributed by atoms with Crippen molar-refractivity contribution in [2.75, 3.05) is 24.3 Å². The van der Waals surface area contributed by atoms with Crippen molar-refractivity contribution in [3.63, 3.8) is 0 Å². The zero-order valence-corrected chi connectivity index (χ0v) is 11.6. The molecule has 0 saturated carbocycles. The third kappa shape index (κ3) is 2.78. The summed E-state index contributed by atoms with van der Waals surface area (Å²) in [5.74, 6) is 0.808. The number of nitrogens with zero attached hydrogens (tertiary/aromatic N) is 3. The summed E-state index contributed by atoms with van der Waals surface area (Å²) in [4.78, 5) is 8.39. The Morgan fingerprint density at radius 3 is 2.74 bits per heavy atom. The van der Waals surface area contributed by atoms with Crippen LogP contribution in [0.25, 0.3) is 11.2 Å². The van der Waals surface area contributed by atoms with Gasteiger partial charge in [0.05, 0.1) is 12.9 Å². The molecule has 0 saturated heterocycles. The van der Waals surface area contributed by atoms with Crippen LogP contribution in [0.3, 0.4) is 0 Å². The minimum Gasteiger partial charge on any atom is -0.481 e. The molecule has 2 aromatic heterocycles. The van der Waals surface area contributed by atoms with Gasteiger partial charge < -0.3 is 10.5 Å². The molecule has 0 unspecified atom stereocenters. The third-order valence-corrected chi connectivity index (χ3v) is 4.56. The van der Waals surface area contributed by atoms with E-state index >= 15 is 0 Å². The van der Waals surface area contributed by atoms with Gasteiger partial charge in [-0.05, 0) is 6.07 Å². The molecule has 0 aliphatic rings. The van der Waals surface area contributed by atoms with Gasteiger partial charge in [0.25, 0.3) is 0 Å². The van der Waals surface area contributed by atoms with Crippen molar-refractivity contribution in [3.8, 4) is 5.88 Å². The van der Waals surface area contributed by atoms with Crippen molar-refractivity contribution < 1.29 is 13.2 Å². The van der Waals surface area contributed by atoms with E-state index in [1.807, 2.05) is 0 Å². The number of pyridine rings is 1. The quantitative estimate of drug-likeness (QED) is 0.856. The van der Waals surface area contributed by atoms with Gasteiger partial charge in [0.1, 0.15) is 5.52 Å². The van der Waals surface area contributed by atoms with Crippen LogP contribution in [0.15, 0.2) is 12.1 Å². The smallest absolute Gasteiger partial charge is 0.215 e. The van der Waals surface area contributed by atoms with Gasteiger partial charge in [0.2, 0.25) is 11.8 Å². The third-order valence-electron chi connectivity index (χ3n) is 2.87. The molecule has 2 heterocycles. The molecule has 0 aliphatic carbocycles. The number of nitrogens with two attached hydrogens (primary N) is 1. The fourth-order valence-corrected chi connectivity index (χ4v) is 2.46. The number of hydrogen-bond donors (Lipinski definition) is 1. The average Bonchev–Trinajstić information content (AvgIpc) is 2.71. The normalized spacial score (nSPS) is 11.9. The summed E-state index contributed by atoms with van der Waals surface area (Å²) in [5.41, 5.74) is 6.94. The molecule has 0 bridgehead atoms. The maximum absolute atomic E-state index is 11.5. The van der Waals surface area contributed by atoms with E-state index in [1.165, 1.54) is 7.11 Å². The molecular weight excluding hydrogens is 268 g/mol. The summed E-state index contributed by atoms with van der Waals surface area (Å²) in [5, 5.41) is 0. The van der Waals surface area contributed by atoms with Crippen LogP contribution in [-0.4, -0.2) is 41.6 Å². The number of imidazole rings is 1.